The fourth-order valence-electron chi connectivity index (χ4n) is 3.59. The monoisotopic (exact) mass is 403 g/mol. The van der Waals surface area contributed by atoms with E-state index in [1.807, 2.05) is 60.7 Å². The standard InChI is InChI=1S/C20H22ClN3O2S/c1-12-9-23(10-13(2)26-12)19(25)18-8-17-14(3)22-24(20(17)27-18)11-15-4-6-16(21)7-5-15/h4-8,12-13H,9-11H2,1-3H3/t12-,13-/m0/s1. The Morgan fingerprint density at radius 2 is 1.93 bits per heavy atom. The van der Waals surface area contributed by atoms with E-state index in [1.54, 1.807) is 0 Å². The van der Waals surface area contributed by atoms with Gasteiger partial charge in [-0.05, 0) is 44.5 Å². The van der Waals surface area contributed by atoms with Crippen LogP contribution in [-0.2, 0) is 11.3 Å². The first-order valence-electron chi connectivity index (χ1n) is 9.07. The van der Waals surface area contributed by atoms with Crippen molar-refractivity contribution in [3.8, 4) is 0 Å². The lowest BCUT2D eigenvalue weighted by Gasteiger charge is -2.35. The lowest BCUT2D eigenvalue weighted by molar-refractivity contribution is -0.0585. The van der Waals surface area contributed by atoms with Gasteiger partial charge in [0.05, 0.1) is 29.3 Å². The van der Waals surface area contributed by atoms with Crippen LogP contribution >= 0.6 is 22.9 Å². The number of morpholine rings is 1. The summed E-state index contributed by atoms with van der Waals surface area (Å²) in [7, 11) is 0. The van der Waals surface area contributed by atoms with Crippen LogP contribution in [0.25, 0.3) is 10.2 Å². The van der Waals surface area contributed by atoms with Gasteiger partial charge in [-0.2, -0.15) is 5.10 Å². The third-order valence-electron chi connectivity index (χ3n) is 4.77. The molecule has 0 N–H and O–H groups in total. The van der Waals surface area contributed by atoms with Crippen molar-refractivity contribution >= 4 is 39.1 Å². The van der Waals surface area contributed by atoms with Crippen molar-refractivity contribution in [1.82, 2.24) is 14.7 Å². The minimum atomic E-state index is 0.0641. The molecular weight excluding hydrogens is 382 g/mol. The van der Waals surface area contributed by atoms with E-state index in [4.69, 9.17) is 16.3 Å². The Balaban J connectivity index is 1.62. The van der Waals surface area contributed by atoms with E-state index in [1.165, 1.54) is 11.3 Å². The number of nitrogens with zero attached hydrogens (tertiary/aromatic N) is 3. The van der Waals surface area contributed by atoms with Crippen molar-refractivity contribution in [2.75, 3.05) is 13.1 Å². The van der Waals surface area contributed by atoms with Crippen LogP contribution in [0.1, 0.15) is 34.8 Å². The number of carbonyl (C=O) groups is 1. The molecule has 5 nitrogen and oxygen atoms in total. The average molecular weight is 404 g/mol. The average Bonchev–Trinajstić information content (AvgIpc) is 3.17. The van der Waals surface area contributed by atoms with Gasteiger partial charge in [-0.1, -0.05) is 23.7 Å². The van der Waals surface area contributed by atoms with Gasteiger partial charge in [0.2, 0.25) is 0 Å². The molecule has 0 saturated carbocycles. The Morgan fingerprint density at radius 3 is 2.59 bits per heavy atom. The zero-order chi connectivity index (χ0) is 19.1. The van der Waals surface area contributed by atoms with E-state index in [0.717, 1.165) is 31.4 Å². The second kappa shape index (κ2) is 7.26. The van der Waals surface area contributed by atoms with Crippen molar-refractivity contribution in [2.24, 2.45) is 0 Å². The summed E-state index contributed by atoms with van der Waals surface area (Å²) in [5, 5.41) is 6.42. The van der Waals surface area contributed by atoms with Crippen LogP contribution in [0.4, 0.5) is 0 Å². The Bertz CT molecular complexity index is 969. The summed E-state index contributed by atoms with van der Waals surface area (Å²) in [5.41, 5.74) is 2.07. The number of aromatic nitrogens is 2. The number of thiophene rings is 1. The highest BCUT2D eigenvalue weighted by atomic mass is 35.5. The maximum absolute atomic E-state index is 13.0. The molecule has 2 aromatic heterocycles. The third-order valence-corrected chi connectivity index (χ3v) is 6.16. The van der Waals surface area contributed by atoms with Gasteiger partial charge < -0.3 is 9.64 Å². The number of halogens is 1. The second-order valence-corrected chi connectivity index (χ2v) is 8.63. The van der Waals surface area contributed by atoms with E-state index < -0.39 is 0 Å². The van der Waals surface area contributed by atoms with Crippen LogP contribution in [0.3, 0.4) is 0 Å². The van der Waals surface area contributed by atoms with E-state index in [9.17, 15) is 4.79 Å². The maximum atomic E-state index is 13.0. The van der Waals surface area contributed by atoms with Gasteiger partial charge in [0.15, 0.2) is 0 Å². The van der Waals surface area contributed by atoms with Crippen molar-refractivity contribution in [3.05, 3.63) is 51.5 Å². The first-order valence-corrected chi connectivity index (χ1v) is 10.3. The van der Waals surface area contributed by atoms with Gasteiger partial charge in [-0.3, -0.25) is 9.48 Å². The van der Waals surface area contributed by atoms with E-state index >= 15 is 0 Å². The number of amides is 1. The fourth-order valence-corrected chi connectivity index (χ4v) is 4.84. The second-order valence-electron chi connectivity index (χ2n) is 7.17. The number of carbonyl (C=O) groups excluding carboxylic acids is 1. The van der Waals surface area contributed by atoms with Crippen LogP contribution in [0.2, 0.25) is 5.02 Å². The number of ether oxygens (including phenoxy) is 1. The van der Waals surface area contributed by atoms with E-state index in [-0.39, 0.29) is 18.1 Å². The molecule has 2 atom stereocenters. The molecule has 1 saturated heterocycles. The summed E-state index contributed by atoms with van der Waals surface area (Å²) in [6, 6.07) is 9.75. The highest BCUT2D eigenvalue weighted by Crippen LogP contribution is 2.30. The predicted octanol–water partition coefficient (Wildman–Crippen LogP) is 4.36. The third kappa shape index (κ3) is 3.74. The highest BCUT2D eigenvalue weighted by molar-refractivity contribution is 7.20. The summed E-state index contributed by atoms with van der Waals surface area (Å²) in [5.74, 6) is 0.0793. The van der Waals surface area contributed by atoms with Crippen molar-refractivity contribution < 1.29 is 9.53 Å². The molecule has 0 radical (unpaired) electrons. The molecule has 1 aromatic carbocycles. The van der Waals surface area contributed by atoms with Crippen molar-refractivity contribution in [1.29, 1.82) is 0 Å². The number of fused-ring (bicyclic) bond motifs is 1. The van der Waals surface area contributed by atoms with E-state index in [0.29, 0.717) is 19.6 Å². The lowest BCUT2D eigenvalue weighted by atomic mass is 10.2. The topological polar surface area (TPSA) is 47.4 Å². The minimum Gasteiger partial charge on any atom is -0.372 e. The largest absolute Gasteiger partial charge is 0.372 e. The van der Waals surface area contributed by atoms with Crippen LogP contribution in [-0.4, -0.2) is 45.9 Å². The van der Waals surface area contributed by atoms with E-state index in [2.05, 4.69) is 5.10 Å². The zero-order valence-corrected chi connectivity index (χ0v) is 17.2. The molecule has 1 fully saturated rings. The normalized spacial score (nSPS) is 20.4. The summed E-state index contributed by atoms with van der Waals surface area (Å²) < 4.78 is 7.72. The van der Waals surface area contributed by atoms with Crippen LogP contribution in [0.5, 0.6) is 0 Å². The Labute approximate surface area is 167 Å². The molecular formula is C20H22ClN3O2S. The lowest BCUT2D eigenvalue weighted by Crippen LogP contribution is -2.48. The number of hydrogen-bond donors (Lipinski definition) is 0. The maximum Gasteiger partial charge on any atom is 0.264 e. The molecule has 142 valence electrons. The molecule has 0 spiro atoms. The van der Waals surface area contributed by atoms with Gasteiger partial charge in [-0.25, -0.2) is 0 Å². The van der Waals surface area contributed by atoms with Gasteiger partial charge >= 0.3 is 0 Å². The minimum absolute atomic E-state index is 0.0641. The molecule has 27 heavy (non-hydrogen) atoms. The molecule has 3 heterocycles. The number of benzene rings is 1. The van der Waals surface area contributed by atoms with Gasteiger partial charge in [0.1, 0.15) is 4.83 Å². The Morgan fingerprint density at radius 1 is 1.26 bits per heavy atom. The molecule has 0 aliphatic carbocycles. The predicted molar refractivity (Wildman–Crippen MR) is 109 cm³/mol. The van der Waals surface area contributed by atoms with Gasteiger partial charge in [-0.15, -0.1) is 11.3 Å². The van der Waals surface area contributed by atoms with Crippen molar-refractivity contribution in [3.63, 3.8) is 0 Å². The molecule has 3 aromatic rings. The molecule has 4 rings (SSSR count). The first-order chi connectivity index (χ1) is 12.9. The number of rotatable bonds is 3. The Kier molecular flexibility index (Phi) is 4.97. The van der Waals surface area contributed by atoms with Crippen molar-refractivity contribution in [2.45, 2.75) is 39.5 Å². The molecule has 1 aliphatic rings. The van der Waals surface area contributed by atoms with Gasteiger partial charge in [0.25, 0.3) is 5.91 Å². The summed E-state index contributed by atoms with van der Waals surface area (Å²) in [6.45, 7) is 7.92. The van der Waals surface area contributed by atoms with Gasteiger partial charge in [0, 0.05) is 23.5 Å². The molecule has 7 heteroatoms. The molecule has 1 aliphatic heterocycles. The number of hydrogen-bond acceptors (Lipinski definition) is 4. The quantitative estimate of drug-likeness (QED) is 0.652. The van der Waals surface area contributed by atoms with Crippen LogP contribution in [0, 0.1) is 6.92 Å². The highest BCUT2D eigenvalue weighted by Gasteiger charge is 2.28. The number of aryl methyl sites for hydroxylation is 1. The van der Waals surface area contributed by atoms with Crippen LogP contribution in [0.15, 0.2) is 30.3 Å². The first kappa shape index (κ1) is 18.5. The fraction of sp³-hybridized carbons (Fsp3) is 0.400. The summed E-state index contributed by atoms with van der Waals surface area (Å²) in [4.78, 5) is 16.7. The summed E-state index contributed by atoms with van der Waals surface area (Å²) in [6.07, 6.45) is 0.128. The smallest absolute Gasteiger partial charge is 0.264 e. The zero-order valence-electron chi connectivity index (χ0n) is 15.6. The summed E-state index contributed by atoms with van der Waals surface area (Å²) >= 11 is 7.49. The molecule has 1 amide bonds. The van der Waals surface area contributed by atoms with Crippen LogP contribution < -0.4 is 0 Å². The SMILES string of the molecule is Cc1nn(Cc2ccc(Cl)cc2)c2sc(C(=O)N3C[C@H](C)O[C@@H](C)C3)cc12. The molecule has 0 bridgehead atoms. The Hall–Kier alpha value is -1.89. The molecule has 0 unspecified atom stereocenters.